The second-order valence-corrected chi connectivity index (χ2v) is 4.30. The van der Waals surface area contributed by atoms with Crippen molar-refractivity contribution < 1.29 is 0 Å². The van der Waals surface area contributed by atoms with Gasteiger partial charge in [-0.1, -0.05) is 26.0 Å². The molecule has 0 saturated heterocycles. The molecule has 0 aliphatic heterocycles. The van der Waals surface area contributed by atoms with Crippen LogP contribution < -0.4 is 5.73 Å². The standard InChI is InChI=1S/C12H17N/c1-8(2)9-6-7-11-10(9)4-3-5-12(11)13/h3-5,8-9H,6-7,13H2,1-2H3. The summed E-state index contributed by atoms with van der Waals surface area (Å²) in [6.07, 6.45) is 2.45. The number of anilines is 1. The van der Waals surface area contributed by atoms with Crippen LogP contribution in [-0.2, 0) is 6.42 Å². The van der Waals surface area contributed by atoms with Crippen molar-refractivity contribution in [1.29, 1.82) is 0 Å². The molecule has 0 spiro atoms. The summed E-state index contributed by atoms with van der Waals surface area (Å²) in [5.74, 6) is 1.47. The molecule has 0 amide bonds. The van der Waals surface area contributed by atoms with Crippen LogP contribution in [0.25, 0.3) is 0 Å². The lowest BCUT2D eigenvalue weighted by molar-refractivity contribution is 0.496. The van der Waals surface area contributed by atoms with Gasteiger partial charge in [-0.05, 0) is 41.9 Å². The zero-order valence-electron chi connectivity index (χ0n) is 8.38. The highest BCUT2D eigenvalue weighted by Gasteiger charge is 2.25. The largest absolute Gasteiger partial charge is 0.398 e. The van der Waals surface area contributed by atoms with Crippen LogP contribution in [0, 0.1) is 5.92 Å². The quantitative estimate of drug-likeness (QED) is 0.652. The van der Waals surface area contributed by atoms with Gasteiger partial charge in [0.25, 0.3) is 0 Å². The number of fused-ring (bicyclic) bond motifs is 1. The Hall–Kier alpha value is -0.980. The lowest BCUT2D eigenvalue weighted by Crippen LogP contribution is -2.02. The van der Waals surface area contributed by atoms with Crippen molar-refractivity contribution in [2.24, 2.45) is 5.92 Å². The molecular weight excluding hydrogens is 158 g/mol. The second kappa shape index (κ2) is 3.06. The van der Waals surface area contributed by atoms with Gasteiger partial charge in [-0.2, -0.15) is 0 Å². The van der Waals surface area contributed by atoms with Crippen molar-refractivity contribution in [3.63, 3.8) is 0 Å². The monoisotopic (exact) mass is 175 g/mol. The van der Waals surface area contributed by atoms with E-state index < -0.39 is 0 Å². The molecule has 1 aromatic carbocycles. The molecule has 1 aliphatic carbocycles. The van der Waals surface area contributed by atoms with E-state index in [0.29, 0.717) is 0 Å². The average Bonchev–Trinajstić information content (AvgIpc) is 2.48. The van der Waals surface area contributed by atoms with E-state index >= 15 is 0 Å². The van der Waals surface area contributed by atoms with Crippen LogP contribution in [-0.4, -0.2) is 0 Å². The summed E-state index contributed by atoms with van der Waals surface area (Å²) in [5, 5.41) is 0. The van der Waals surface area contributed by atoms with Crippen molar-refractivity contribution in [1.82, 2.24) is 0 Å². The molecule has 0 aromatic heterocycles. The molecule has 1 aromatic rings. The van der Waals surface area contributed by atoms with Crippen molar-refractivity contribution >= 4 is 5.69 Å². The van der Waals surface area contributed by atoms with Gasteiger partial charge in [-0.15, -0.1) is 0 Å². The van der Waals surface area contributed by atoms with E-state index in [0.717, 1.165) is 17.5 Å². The molecule has 0 saturated carbocycles. The highest BCUT2D eigenvalue weighted by Crippen LogP contribution is 2.40. The average molecular weight is 175 g/mol. The van der Waals surface area contributed by atoms with Gasteiger partial charge >= 0.3 is 0 Å². The van der Waals surface area contributed by atoms with Gasteiger partial charge in [0.1, 0.15) is 0 Å². The van der Waals surface area contributed by atoms with Gasteiger partial charge in [0, 0.05) is 5.69 Å². The summed E-state index contributed by atoms with van der Waals surface area (Å²) in [5.41, 5.74) is 9.82. The first-order valence-corrected chi connectivity index (χ1v) is 5.07. The highest BCUT2D eigenvalue weighted by molar-refractivity contribution is 5.54. The molecule has 13 heavy (non-hydrogen) atoms. The molecule has 2 N–H and O–H groups in total. The van der Waals surface area contributed by atoms with Crippen molar-refractivity contribution in [2.75, 3.05) is 5.73 Å². The van der Waals surface area contributed by atoms with Crippen LogP contribution in [0.3, 0.4) is 0 Å². The molecule has 1 heteroatoms. The maximum Gasteiger partial charge on any atom is 0.0349 e. The first-order valence-electron chi connectivity index (χ1n) is 5.07. The molecule has 70 valence electrons. The number of nitrogens with two attached hydrogens (primary N) is 1. The van der Waals surface area contributed by atoms with Crippen molar-refractivity contribution in [3.8, 4) is 0 Å². The Morgan fingerprint density at radius 2 is 2.15 bits per heavy atom. The summed E-state index contributed by atoms with van der Waals surface area (Å²) in [4.78, 5) is 0. The molecule has 2 rings (SSSR count). The third kappa shape index (κ3) is 1.32. The Morgan fingerprint density at radius 1 is 1.38 bits per heavy atom. The van der Waals surface area contributed by atoms with E-state index in [1.54, 1.807) is 0 Å². The van der Waals surface area contributed by atoms with Crippen LogP contribution >= 0.6 is 0 Å². The Balaban J connectivity index is 2.43. The minimum atomic E-state index is 0.735. The molecule has 1 aliphatic rings. The SMILES string of the molecule is CC(C)C1CCc2c(N)cccc21. The van der Waals surface area contributed by atoms with E-state index in [1.165, 1.54) is 24.0 Å². The van der Waals surface area contributed by atoms with Gasteiger partial charge in [0.2, 0.25) is 0 Å². The van der Waals surface area contributed by atoms with Crippen LogP contribution in [0.5, 0.6) is 0 Å². The maximum atomic E-state index is 5.93. The van der Waals surface area contributed by atoms with Gasteiger partial charge in [-0.25, -0.2) is 0 Å². The Kier molecular flexibility index (Phi) is 2.03. The smallest absolute Gasteiger partial charge is 0.0349 e. The molecule has 1 unspecified atom stereocenters. The molecule has 0 fully saturated rings. The predicted molar refractivity (Wildman–Crippen MR) is 56.8 cm³/mol. The molecule has 1 nitrogen and oxygen atoms in total. The fourth-order valence-corrected chi connectivity index (χ4v) is 2.41. The molecular formula is C12H17N. The van der Waals surface area contributed by atoms with Gasteiger partial charge in [0.05, 0.1) is 0 Å². The Labute approximate surface area is 80.0 Å². The first-order chi connectivity index (χ1) is 6.20. The maximum absolute atomic E-state index is 5.93. The van der Waals surface area contributed by atoms with E-state index in [9.17, 15) is 0 Å². The number of hydrogen-bond acceptors (Lipinski definition) is 1. The molecule has 0 radical (unpaired) electrons. The summed E-state index contributed by atoms with van der Waals surface area (Å²) < 4.78 is 0. The second-order valence-electron chi connectivity index (χ2n) is 4.30. The van der Waals surface area contributed by atoms with Crippen LogP contribution in [0.2, 0.25) is 0 Å². The third-order valence-electron chi connectivity index (χ3n) is 3.16. The summed E-state index contributed by atoms with van der Waals surface area (Å²) >= 11 is 0. The molecule has 0 heterocycles. The van der Waals surface area contributed by atoms with Crippen LogP contribution in [0.1, 0.15) is 37.3 Å². The number of nitrogen functional groups attached to an aromatic ring is 1. The summed E-state index contributed by atoms with van der Waals surface area (Å²) in [6, 6.07) is 6.33. The van der Waals surface area contributed by atoms with Crippen molar-refractivity contribution in [3.05, 3.63) is 29.3 Å². The highest BCUT2D eigenvalue weighted by atomic mass is 14.6. The zero-order valence-corrected chi connectivity index (χ0v) is 8.38. The van der Waals surface area contributed by atoms with Crippen LogP contribution in [0.15, 0.2) is 18.2 Å². The third-order valence-corrected chi connectivity index (χ3v) is 3.16. The predicted octanol–water partition coefficient (Wildman–Crippen LogP) is 2.95. The number of benzene rings is 1. The van der Waals surface area contributed by atoms with Gasteiger partial charge in [0.15, 0.2) is 0 Å². The van der Waals surface area contributed by atoms with E-state index in [4.69, 9.17) is 5.73 Å². The van der Waals surface area contributed by atoms with E-state index in [1.807, 2.05) is 6.07 Å². The normalized spacial score (nSPS) is 20.7. The minimum absolute atomic E-state index is 0.735. The summed E-state index contributed by atoms with van der Waals surface area (Å²) in [6.45, 7) is 4.59. The van der Waals surface area contributed by atoms with Gasteiger partial charge < -0.3 is 5.73 Å². The molecule has 1 atom stereocenters. The van der Waals surface area contributed by atoms with E-state index in [-0.39, 0.29) is 0 Å². The fraction of sp³-hybridized carbons (Fsp3) is 0.500. The lowest BCUT2D eigenvalue weighted by Gasteiger charge is -2.15. The van der Waals surface area contributed by atoms with Crippen molar-refractivity contribution in [2.45, 2.75) is 32.6 Å². The minimum Gasteiger partial charge on any atom is -0.398 e. The first kappa shape index (κ1) is 8.61. The Morgan fingerprint density at radius 3 is 2.85 bits per heavy atom. The Bertz CT molecular complexity index is 315. The number of hydrogen-bond donors (Lipinski definition) is 1. The van der Waals surface area contributed by atoms with Crippen LogP contribution in [0.4, 0.5) is 5.69 Å². The van der Waals surface area contributed by atoms with E-state index in [2.05, 4.69) is 26.0 Å². The zero-order chi connectivity index (χ0) is 9.42. The topological polar surface area (TPSA) is 26.0 Å². The number of rotatable bonds is 1. The molecule has 0 bridgehead atoms. The fourth-order valence-electron chi connectivity index (χ4n) is 2.41. The summed E-state index contributed by atoms with van der Waals surface area (Å²) in [7, 11) is 0. The van der Waals surface area contributed by atoms with Gasteiger partial charge in [-0.3, -0.25) is 0 Å². The lowest BCUT2D eigenvalue weighted by atomic mass is 9.90.